The highest BCUT2D eigenvalue weighted by Crippen LogP contribution is 2.21. The normalized spacial score (nSPS) is 11.0. The first-order valence-corrected chi connectivity index (χ1v) is 12.2. The minimum absolute atomic E-state index is 0.0121. The van der Waals surface area contributed by atoms with Gasteiger partial charge in [0.05, 0.1) is 12.3 Å². The van der Waals surface area contributed by atoms with Crippen LogP contribution >= 0.6 is 23.1 Å². The number of aromatic nitrogens is 5. The van der Waals surface area contributed by atoms with E-state index in [1.165, 1.54) is 33.2 Å². The molecule has 0 aliphatic carbocycles. The van der Waals surface area contributed by atoms with Crippen LogP contribution in [0.15, 0.2) is 62.6 Å². The van der Waals surface area contributed by atoms with Crippen molar-refractivity contribution in [2.24, 2.45) is 7.05 Å². The Balaban J connectivity index is 1.50. The van der Waals surface area contributed by atoms with E-state index in [4.69, 9.17) is 5.73 Å². The van der Waals surface area contributed by atoms with Gasteiger partial charge < -0.3 is 15.2 Å². The molecule has 0 atom stereocenters. The molecule has 0 aliphatic rings. The van der Waals surface area contributed by atoms with E-state index in [2.05, 4.69) is 15.2 Å². The van der Waals surface area contributed by atoms with E-state index in [1.54, 1.807) is 11.3 Å². The molecular weight excluding hydrogens is 474 g/mol. The summed E-state index contributed by atoms with van der Waals surface area (Å²) in [6.45, 7) is 0.165. The first-order valence-electron chi connectivity index (χ1n) is 10.3. The third-order valence-electron chi connectivity index (χ3n) is 5.27. The van der Waals surface area contributed by atoms with Gasteiger partial charge >= 0.3 is 5.69 Å². The number of rotatable bonds is 8. The van der Waals surface area contributed by atoms with Gasteiger partial charge in [0.1, 0.15) is 11.6 Å². The molecule has 4 aromatic rings. The van der Waals surface area contributed by atoms with Gasteiger partial charge in [-0.15, -0.1) is 21.5 Å². The largest absolute Gasteiger partial charge is 0.383 e. The molecule has 3 heterocycles. The van der Waals surface area contributed by atoms with Crippen LogP contribution in [0.25, 0.3) is 0 Å². The number of thiophene rings is 1. The summed E-state index contributed by atoms with van der Waals surface area (Å²) < 4.78 is 3.08. The highest BCUT2D eigenvalue weighted by molar-refractivity contribution is 7.99. The number of H-pyrrole nitrogens is 1. The van der Waals surface area contributed by atoms with Crippen molar-refractivity contribution < 1.29 is 4.79 Å². The number of amides is 1. The van der Waals surface area contributed by atoms with Crippen molar-refractivity contribution in [2.45, 2.75) is 18.1 Å². The fourth-order valence-electron chi connectivity index (χ4n) is 3.37. The summed E-state index contributed by atoms with van der Waals surface area (Å²) in [5.74, 6) is 0.364. The fourth-order valence-corrected chi connectivity index (χ4v) is 4.91. The van der Waals surface area contributed by atoms with E-state index in [9.17, 15) is 14.4 Å². The van der Waals surface area contributed by atoms with Crippen LogP contribution in [0.4, 0.5) is 11.5 Å². The van der Waals surface area contributed by atoms with Gasteiger partial charge in [-0.25, -0.2) is 4.79 Å². The van der Waals surface area contributed by atoms with Gasteiger partial charge in [-0.2, -0.15) is 0 Å². The molecule has 1 amide bonds. The molecule has 0 unspecified atom stereocenters. The molecule has 12 heteroatoms. The number of benzene rings is 1. The molecular formula is C22H23N7O3S2. The summed E-state index contributed by atoms with van der Waals surface area (Å²) in [7, 11) is 3.31. The number of nitrogen functional groups attached to an aromatic ring is 1. The zero-order chi connectivity index (χ0) is 24.2. The lowest BCUT2D eigenvalue weighted by molar-refractivity contribution is -0.115. The second-order valence-electron chi connectivity index (χ2n) is 7.52. The quantitative estimate of drug-likeness (QED) is 0.354. The second kappa shape index (κ2) is 10.1. The van der Waals surface area contributed by atoms with Gasteiger partial charge in [0, 0.05) is 25.4 Å². The Bertz CT molecular complexity index is 1410. The number of carbonyl (C=O) groups excluding carboxylic acids is 1. The number of hydrogen-bond donors (Lipinski definition) is 2. The van der Waals surface area contributed by atoms with Crippen LogP contribution in [0, 0.1) is 0 Å². The van der Waals surface area contributed by atoms with Gasteiger partial charge in [0.2, 0.25) is 5.91 Å². The third kappa shape index (κ3) is 4.97. The van der Waals surface area contributed by atoms with E-state index >= 15 is 0 Å². The molecule has 0 fully saturated rings. The highest BCUT2D eigenvalue weighted by Gasteiger charge is 2.22. The van der Waals surface area contributed by atoms with E-state index in [-0.39, 0.29) is 29.7 Å². The minimum atomic E-state index is -0.718. The molecule has 0 bridgehead atoms. The van der Waals surface area contributed by atoms with Gasteiger partial charge in [0.15, 0.2) is 10.8 Å². The monoisotopic (exact) mass is 497 g/mol. The van der Waals surface area contributed by atoms with Crippen molar-refractivity contribution in [3.05, 3.63) is 84.9 Å². The molecule has 0 radical (unpaired) electrons. The number of nitrogens with two attached hydrogens (primary N) is 1. The maximum absolute atomic E-state index is 12.9. The van der Waals surface area contributed by atoms with E-state index in [0.717, 1.165) is 11.4 Å². The van der Waals surface area contributed by atoms with Crippen LogP contribution in [-0.4, -0.2) is 43.0 Å². The molecule has 1 aromatic carbocycles. The van der Waals surface area contributed by atoms with Crippen LogP contribution < -0.4 is 21.9 Å². The van der Waals surface area contributed by atoms with Crippen LogP contribution in [0.2, 0.25) is 0 Å². The molecule has 0 aliphatic heterocycles. The Morgan fingerprint density at radius 2 is 1.94 bits per heavy atom. The van der Waals surface area contributed by atoms with E-state index < -0.39 is 11.2 Å². The summed E-state index contributed by atoms with van der Waals surface area (Å²) in [6, 6.07) is 13.2. The summed E-state index contributed by atoms with van der Waals surface area (Å²) in [6.07, 6.45) is 0.657. The van der Waals surface area contributed by atoms with Crippen molar-refractivity contribution in [1.82, 2.24) is 24.3 Å². The maximum Gasteiger partial charge on any atom is 0.330 e. The molecule has 3 N–H and O–H groups in total. The van der Waals surface area contributed by atoms with E-state index in [0.29, 0.717) is 11.6 Å². The molecule has 176 valence electrons. The summed E-state index contributed by atoms with van der Waals surface area (Å²) in [5, 5.41) is 11.0. The number of aromatic amines is 1. The lowest BCUT2D eigenvalue weighted by Gasteiger charge is -2.20. The Morgan fingerprint density at radius 1 is 1.18 bits per heavy atom. The van der Waals surface area contributed by atoms with Gasteiger partial charge in [-0.3, -0.25) is 19.1 Å². The second-order valence-corrected chi connectivity index (χ2v) is 9.50. The summed E-state index contributed by atoms with van der Waals surface area (Å²) in [5.41, 5.74) is 5.59. The van der Waals surface area contributed by atoms with Gasteiger partial charge in [-0.05, 0) is 17.0 Å². The average Bonchev–Trinajstić information content (AvgIpc) is 3.46. The van der Waals surface area contributed by atoms with Crippen molar-refractivity contribution in [1.29, 1.82) is 0 Å². The van der Waals surface area contributed by atoms with Gasteiger partial charge in [0.25, 0.3) is 5.56 Å². The topological polar surface area (TPSA) is 132 Å². The Labute approximate surface area is 203 Å². The van der Waals surface area contributed by atoms with Crippen molar-refractivity contribution in [2.75, 3.05) is 23.4 Å². The predicted molar refractivity (Wildman–Crippen MR) is 134 cm³/mol. The number of thioether (sulfide) groups is 1. The van der Waals surface area contributed by atoms with E-state index in [1.807, 2.05) is 59.5 Å². The molecule has 4 rings (SSSR count). The molecule has 0 saturated heterocycles. The SMILES string of the molecule is CN(C(=O)CSc1nnc(Cc2cccs2)n1C)c1c(N)n(Cc2ccccc2)c(=O)[nH]c1=O. The van der Waals surface area contributed by atoms with Crippen LogP contribution in [-0.2, 0) is 24.8 Å². The average molecular weight is 498 g/mol. The first kappa shape index (κ1) is 23.5. The number of carbonyl (C=O) groups is 1. The molecule has 3 aromatic heterocycles. The first-order chi connectivity index (χ1) is 16.3. The standard InChI is InChI=1S/C22H23N7O3S2/c1-27-16(11-15-9-6-10-33-15)25-26-22(27)34-13-17(30)28(2)18-19(23)29(21(32)24-20(18)31)12-14-7-4-3-5-8-14/h3-10H,11-13,23H2,1-2H3,(H,24,31,32). The van der Waals surface area contributed by atoms with Crippen LogP contribution in [0.1, 0.15) is 16.3 Å². The maximum atomic E-state index is 12.9. The zero-order valence-corrected chi connectivity index (χ0v) is 20.2. The van der Waals surface area contributed by atoms with Gasteiger partial charge in [-0.1, -0.05) is 48.2 Å². The smallest absolute Gasteiger partial charge is 0.330 e. The molecule has 0 spiro atoms. The van der Waals surface area contributed by atoms with Crippen molar-refractivity contribution >= 4 is 40.5 Å². The lowest BCUT2D eigenvalue weighted by Crippen LogP contribution is -2.40. The molecule has 34 heavy (non-hydrogen) atoms. The van der Waals surface area contributed by atoms with Crippen LogP contribution in [0.3, 0.4) is 0 Å². The summed E-state index contributed by atoms with van der Waals surface area (Å²) in [4.78, 5) is 42.4. The number of anilines is 2. The lowest BCUT2D eigenvalue weighted by atomic mass is 10.2. The number of nitrogens with one attached hydrogen (secondary N) is 1. The summed E-state index contributed by atoms with van der Waals surface area (Å²) >= 11 is 2.86. The number of hydrogen-bond acceptors (Lipinski definition) is 8. The Morgan fingerprint density at radius 3 is 2.65 bits per heavy atom. The minimum Gasteiger partial charge on any atom is -0.383 e. The Kier molecular flexibility index (Phi) is 6.98. The Hall–Kier alpha value is -3.64. The zero-order valence-electron chi connectivity index (χ0n) is 18.6. The fraction of sp³-hybridized carbons (Fsp3) is 0.227. The third-order valence-corrected chi connectivity index (χ3v) is 7.15. The predicted octanol–water partition coefficient (Wildman–Crippen LogP) is 1.70. The van der Waals surface area contributed by atoms with Crippen LogP contribution in [0.5, 0.6) is 0 Å². The highest BCUT2D eigenvalue weighted by atomic mass is 32.2. The van der Waals surface area contributed by atoms with Crippen molar-refractivity contribution in [3.8, 4) is 0 Å². The molecule has 0 saturated carbocycles. The van der Waals surface area contributed by atoms with Crippen molar-refractivity contribution in [3.63, 3.8) is 0 Å². The number of nitrogens with zero attached hydrogens (tertiary/aromatic N) is 5. The molecule has 10 nitrogen and oxygen atoms in total.